The third-order valence-electron chi connectivity index (χ3n) is 4.45. The number of fused-ring (bicyclic) bond motifs is 2. The minimum Gasteiger partial charge on any atom is -0.354 e. The van der Waals surface area contributed by atoms with Crippen molar-refractivity contribution in [2.24, 2.45) is 0 Å². The molecule has 2 saturated heterocycles. The molecule has 102 valence electrons. The van der Waals surface area contributed by atoms with E-state index in [9.17, 15) is 4.39 Å². The second-order valence-electron chi connectivity index (χ2n) is 5.54. The molecule has 2 heterocycles. The largest absolute Gasteiger partial charge is 0.354 e. The van der Waals surface area contributed by atoms with Crippen molar-refractivity contribution in [1.82, 2.24) is 9.80 Å². The molecule has 3 rings (SSSR count). The van der Waals surface area contributed by atoms with Crippen LogP contribution in [0.1, 0.15) is 18.4 Å². The molecular formula is C16H21FN2. The smallest absolute Gasteiger partial charge is 0.110 e. The molecule has 3 heteroatoms. The number of halogens is 1. The molecule has 0 radical (unpaired) electrons. The van der Waals surface area contributed by atoms with E-state index in [0.717, 1.165) is 38.2 Å². The van der Waals surface area contributed by atoms with Crippen LogP contribution >= 0.6 is 0 Å². The third kappa shape index (κ3) is 2.34. The summed E-state index contributed by atoms with van der Waals surface area (Å²) in [6.07, 6.45) is 3.09. The summed E-state index contributed by atoms with van der Waals surface area (Å²) in [6, 6.07) is 11.1. The lowest BCUT2D eigenvalue weighted by Gasteiger charge is -2.30. The summed E-state index contributed by atoms with van der Waals surface area (Å²) in [5.74, 6) is 1.03. The molecule has 0 aromatic heterocycles. The van der Waals surface area contributed by atoms with Crippen LogP contribution in [0, 0.1) is 0 Å². The van der Waals surface area contributed by atoms with E-state index in [1.54, 1.807) is 0 Å². The van der Waals surface area contributed by atoms with Gasteiger partial charge in [-0.2, -0.15) is 0 Å². The van der Waals surface area contributed by atoms with Gasteiger partial charge >= 0.3 is 0 Å². The Morgan fingerprint density at radius 1 is 1.21 bits per heavy atom. The third-order valence-corrected chi connectivity index (χ3v) is 4.45. The van der Waals surface area contributed by atoms with E-state index in [1.807, 2.05) is 6.07 Å². The highest BCUT2D eigenvalue weighted by Crippen LogP contribution is 2.34. The summed E-state index contributed by atoms with van der Waals surface area (Å²) < 4.78 is 13.0. The first-order valence-corrected chi connectivity index (χ1v) is 7.11. The number of hydrogen-bond donors (Lipinski definition) is 0. The van der Waals surface area contributed by atoms with Crippen molar-refractivity contribution in [2.75, 3.05) is 19.8 Å². The summed E-state index contributed by atoms with van der Waals surface area (Å²) in [4.78, 5) is 4.54. The van der Waals surface area contributed by atoms with Gasteiger partial charge in [0.15, 0.2) is 0 Å². The van der Waals surface area contributed by atoms with Crippen LogP contribution in [0.4, 0.5) is 4.39 Å². The number of rotatable bonds is 4. The van der Waals surface area contributed by atoms with E-state index in [2.05, 4.69) is 40.6 Å². The van der Waals surface area contributed by atoms with Gasteiger partial charge in [-0.3, -0.25) is 0 Å². The molecule has 0 N–H and O–H groups in total. The summed E-state index contributed by atoms with van der Waals surface area (Å²) in [6.45, 7) is 5.87. The van der Waals surface area contributed by atoms with Gasteiger partial charge in [0.05, 0.1) is 11.9 Å². The van der Waals surface area contributed by atoms with E-state index in [4.69, 9.17) is 0 Å². The van der Waals surface area contributed by atoms with Crippen LogP contribution in [0.3, 0.4) is 0 Å². The monoisotopic (exact) mass is 260 g/mol. The number of hydrogen-bond acceptors (Lipinski definition) is 2. The molecule has 0 spiro atoms. The number of piperidine rings is 1. The lowest BCUT2D eigenvalue weighted by Crippen LogP contribution is -2.39. The zero-order chi connectivity index (χ0) is 13.2. The summed E-state index contributed by atoms with van der Waals surface area (Å²) in [5.41, 5.74) is 1.36. The number of nitrogens with zero attached hydrogens (tertiary/aromatic N) is 2. The molecule has 1 aromatic carbocycles. The summed E-state index contributed by atoms with van der Waals surface area (Å²) in [7, 11) is 0. The molecule has 2 bridgehead atoms. The van der Waals surface area contributed by atoms with E-state index >= 15 is 0 Å². The summed E-state index contributed by atoms with van der Waals surface area (Å²) >= 11 is 0. The van der Waals surface area contributed by atoms with Crippen molar-refractivity contribution in [1.29, 1.82) is 0 Å². The van der Waals surface area contributed by atoms with Crippen molar-refractivity contribution >= 4 is 0 Å². The molecule has 1 aromatic rings. The molecule has 2 atom stereocenters. The molecular weight excluding hydrogens is 239 g/mol. The molecule has 2 fully saturated rings. The van der Waals surface area contributed by atoms with Gasteiger partial charge in [0.25, 0.3) is 0 Å². The van der Waals surface area contributed by atoms with Gasteiger partial charge < -0.3 is 9.80 Å². The highest BCUT2D eigenvalue weighted by Gasteiger charge is 2.40. The van der Waals surface area contributed by atoms with E-state index in [1.165, 1.54) is 5.56 Å². The van der Waals surface area contributed by atoms with E-state index < -0.39 is 0 Å². The van der Waals surface area contributed by atoms with Gasteiger partial charge in [-0.05, 0) is 24.8 Å². The Bertz CT molecular complexity index is 445. The van der Waals surface area contributed by atoms with Gasteiger partial charge in [0, 0.05) is 19.1 Å². The Hall–Kier alpha value is -1.51. The van der Waals surface area contributed by atoms with Crippen LogP contribution in [-0.2, 0) is 6.42 Å². The molecule has 2 aliphatic rings. The molecule has 1 unspecified atom stereocenters. The number of benzene rings is 1. The Morgan fingerprint density at radius 3 is 2.74 bits per heavy atom. The van der Waals surface area contributed by atoms with Gasteiger partial charge in [0.1, 0.15) is 6.67 Å². The van der Waals surface area contributed by atoms with E-state index in [0.29, 0.717) is 6.04 Å². The van der Waals surface area contributed by atoms with Crippen molar-refractivity contribution in [3.05, 3.63) is 48.3 Å². The predicted molar refractivity (Wildman–Crippen MR) is 75.5 cm³/mol. The van der Waals surface area contributed by atoms with Crippen LogP contribution in [0.2, 0.25) is 0 Å². The van der Waals surface area contributed by atoms with Crippen LogP contribution in [0.5, 0.6) is 0 Å². The molecule has 2 aliphatic heterocycles. The Kier molecular flexibility index (Phi) is 3.45. The Balaban J connectivity index is 1.64. The van der Waals surface area contributed by atoms with Crippen LogP contribution in [0.25, 0.3) is 0 Å². The predicted octanol–water partition coefficient (Wildman–Crippen LogP) is 2.82. The quantitative estimate of drug-likeness (QED) is 0.821. The fourth-order valence-corrected chi connectivity index (χ4v) is 3.32. The average molecular weight is 260 g/mol. The summed E-state index contributed by atoms with van der Waals surface area (Å²) in [5, 5.41) is 0. The maximum absolute atomic E-state index is 13.0. The average Bonchev–Trinajstić information content (AvgIpc) is 2.71. The second-order valence-corrected chi connectivity index (χ2v) is 5.54. The van der Waals surface area contributed by atoms with Crippen LogP contribution < -0.4 is 0 Å². The molecule has 0 aliphatic carbocycles. The zero-order valence-electron chi connectivity index (χ0n) is 11.3. The lowest BCUT2D eigenvalue weighted by atomic mass is 10.0. The van der Waals surface area contributed by atoms with E-state index in [-0.39, 0.29) is 12.7 Å². The Labute approximate surface area is 114 Å². The first-order valence-electron chi connectivity index (χ1n) is 7.11. The van der Waals surface area contributed by atoms with Crippen molar-refractivity contribution in [3.8, 4) is 0 Å². The highest BCUT2D eigenvalue weighted by molar-refractivity contribution is 5.16. The fourth-order valence-electron chi connectivity index (χ4n) is 3.32. The van der Waals surface area contributed by atoms with Crippen LogP contribution in [-0.4, -0.2) is 41.6 Å². The van der Waals surface area contributed by atoms with Crippen molar-refractivity contribution in [2.45, 2.75) is 31.3 Å². The van der Waals surface area contributed by atoms with Crippen LogP contribution in [0.15, 0.2) is 42.7 Å². The maximum atomic E-state index is 13.0. The molecule has 19 heavy (non-hydrogen) atoms. The van der Waals surface area contributed by atoms with Crippen molar-refractivity contribution in [3.63, 3.8) is 0 Å². The van der Waals surface area contributed by atoms with Gasteiger partial charge in [0.2, 0.25) is 0 Å². The van der Waals surface area contributed by atoms with Crippen molar-refractivity contribution < 1.29 is 4.39 Å². The standard InChI is InChI=1S/C16H21FN2/c1-13-18(10-9-14-5-3-2-4-6-14)16-8-7-15(11-17)19(13)12-16/h2-6,15-16H,1,7-12H2/t15-,16?/m0/s1. The van der Waals surface area contributed by atoms with Gasteiger partial charge in [-0.25, -0.2) is 4.39 Å². The molecule has 2 nitrogen and oxygen atoms in total. The SMILES string of the molecule is C=C1N(CCc2ccccc2)C2CC[C@@H](CF)N1C2. The second kappa shape index (κ2) is 5.24. The fraction of sp³-hybridized carbons (Fsp3) is 0.500. The molecule has 0 saturated carbocycles. The minimum atomic E-state index is -0.252. The minimum absolute atomic E-state index is 0.0606. The number of alkyl halides is 1. The first-order chi connectivity index (χ1) is 9.29. The van der Waals surface area contributed by atoms with Gasteiger partial charge in [-0.15, -0.1) is 0 Å². The topological polar surface area (TPSA) is 6.48 Å². The Morgan fingerprint density at radius 2 is 2.00 bits per heavy atom. The zero-order valence-corrected chi connectivity index (χ0v) is 11.3. The highest BCUT2D eigenvalue weighted by atomic mass is 19.1. The first kappa shape index (κ1) is 12.5. The van der Waals surface area contributed by atoms with Gasteiger partial charge in [-0.1, -0.05) is 36.9 Å². The lowest BCUT2D eigenvalue weighted by molar-refractivity contribution is 0.186. The normalized spacial score (nSPS) is 26.1. The maximum Gasteiger partial charge on any atom is 0.110 e. The molecule has 0 amide bonds.